The number of ether oxygens (including phenoxy) is 1. The van der Waals surface area contributed by atoms with Crippen molar-refractivity contribution in [2.45, 2.75) is 19.3 Å². The van der Waals surface area contributed by atoms with Gasteiger partial charge in [0.25, 0.3) is 0 Å². The highest BCUT2D eigenvalue weighted by Crippen LogP contribution is 2.36. The molecule has 1 N–H and O–H groups in total. The average Bonchev–Trinajstić information content (AvgIpc) is 2.50. The Kier molecular flexibility index (Phi) is 4.83. The Bertz CT molecular complexity index is 573. The van der Waals surface area contributed by atoms with Crippen molar-refractivity contribution in [1.29, 1.82) is 0 Å². The topological polar surface area (TPSA) is 29.5 Å². The molecule has 2 aromatic rings. The number of hydrogen-bond donors (Lipinski definition) is 1. The van der Waals surface area contributed by atoms with E-state index in [-0.39, 0.29) is 5.75 Å². The van der Waals surface area contributed by atoms with Crippen LogP contribution in [0.1, 0.15) is 18.4 Å². The molecule has 0 spiro atoms. The van der Waals surface area contributed by atoms with Crippen molar-refractivity contribution in [3.05, 3.63) is 60.7 Å². The van der Waals surface area contributed by atoms with Gasteiger partial charge in [0.2, 0.25) is 0 Å². The second kappa shape index (κ2) is 6.80. The zero-order valence-corrected chi connectivity index (χ0v) is 11.8. The summed E-state index contributed by atoms with van der Waals surface area (Å²) in [6, 6.07) is 14.0. The Morgan fingerprint density at radius 2 is 1.90 bits per heavy atom. The number of benzene rings is 2. The summed E-state index contributed by atoms with van der Waals surface area (Å²) in [5.41, 5.74) is 3.11. The van der Waals surface area contributed by atoms with E-state index in [1.54, 1.807) is 7.11 Å². The van der Waals surface area contributed by atoms with E-state index in [1.165, 1.54) is 0 Å². The highest BCUT2D eigenvalue weighted by Gasteiger charge is 2.11. The van der Waals surface area contributed by atoms with Gasteiger partial charge in [0.05, 0.1) is 7.11 Å². The van der Waals surface area contributed by atoms with E-state index in [2.05, 4.69) is 18.7 Å². The van der Waals surface area contributed by atoms with Crippen LogP contribution in [0.4, 0.5) is 0 Å². The van der Waals surface area contributed by atoms with Crippen LogP contribution in [0.2, 0.25) is 0 Å². The van der Waals surface area contributed by atoms with Crippen molar-refractivity contribution in [3.63, 3.8) is 0 Å². The monoisotopic (exact) mass is 268 g/mol. The molecule has 0 fully saturated rings. The zero-order valence-electron chi connectivity index (χ0n) is 11.8. The maximum Gasteiger partial charge on any atom is 0.161 e. The molecule has 0 atom stereocenters. The third kappa shape index (κ3) is 3.21. The largest absolute Gasteiger partial charge is 0.504 e. The molecule has 2 aromatic carbocycles. The van der Waals surface area contributed by atoms with Crippen LogP contribution in [-0.2, 0) is 6.42 Å². The van der Waals surface area contributed by atoms with Gasteiger partial charge in [-0.1, -0.05) is 36.4 Å². The molecular weight excluding hydrogens is 248 g/mol. The number of phenolic OH excluding ortho intramolecular Hbond substituents is 1. The van der Waals surface area contributed by atoms with E-state index < -0.39 is 0 Å². The van der Waals surface area contributed by atoms with E-state index in [0.29, 0.717) is 5.75 Å². The lowest BCUT2D eigenvalue weighted by atomic mass is 9.99. The van der Waals surface area contributed by atoms with Crippen LogP contribution in [-0.4, -0.2) is 12.2 Å². The molecule has 0 saturated carbocycles. The third-order valence-corrected chi connectivity index (χ3v) is 3.34. The summed E-state index contributed by atoms with van der Waals surface area (Å²) in [6.45, 7) is 3.73. The third-order valence-electron chi connectivity index (χ3n) is 3.34. The summed E-state index contributed by atoms with van der Waals surface area (Å²) in [5, 5.41) is 10.2. The summed E-state index contributed by atoms with van der Waals surface area (Å²) in [5.74, 6) is 0.774. The fraction of sp³-hybridized carbons (Fsp3) is 0.222. The Hall–Kier alpha value is -2.22. The molecule has 0 amide bonds. The first kappa shape index (κ1) is 14.2. The molecule has 0 radical (unpaired) electrons. The molecule has 20 heavy (non-hydrogen) atoms. The molecule has 0 saturated heterocycles. The van der Waals surface area contributed by atoms with Gasteiger partial charge in [-0.05, 0) is 48.1 Å². The number of hydrogen-bond acceptors (Lipinski definition) is 2. The van der Waals surface area contributed by atoms with Crippen molar-refractivity contribution < 1.29 is 9.84 Å². The molecule has 0 aliphatic heterocycles. The first-order chi connectivity index (χ1) is 9.76. The standard InChI is InChI=1S/C18H20O2/c1-3-4-6-11-15-12-16(13-17(20-2)18(15)19)14-9-7-5-8-10-14/h3,5,7-10,12-13,19H,1,4,6,11H2,2H3. The van der Waals surface area contributed by atoms with Crippen molar-refractivity contribution in [2.75, 3.05) is 7.11 Å². The number of aryl methyl sites for hydroxylation is 1. The number of methoxy groups -OCH3 is 1. The number of allylic oxidation sites excluding steroid dienone is 1. The summed E-state index contributed by atoms with van der Waals surface area (Å²) in [4.78, 5) is 0. The number of aromatic hydroxyl groups is 1. The summed E-state index contributed by atoms with van der Waals surface area (Å²) < 4.78 is 5.28. The lowest BCUT2D eigenvalue weighted by Crippen LogP contribution is -1.92. The molecule has 0 aromatic heterocycles. The van der Waals surface area contributed by atoms with Gasteiger partial charge in [0, 0.05) is 0 Å². The summed E-state index contributed by atoms with van der Waals surface area (Å²) >= 11 is 0. The van der Waals surface area contributed by atoms with Crippen LogP contribution in [0, 0.1) is 0 Å². The Balaban J connectivity index is 2.38. The SMILES string of the molecule is C=CCCCc1cc(-c2ccccc2)cc(OC)c1O. The minimum absolute atomic E-state index is 0.247. The Morgan fingerprint density at radius 3 is 2.55 bits per heavy atom. The first-order valence-corrected chi connectivity index (χ1v) is 6.82. The molecule has 0 aliphatic carbocycles. The molecule has 2 rings (SSSR count). The molecule has 0 heterocycles. The van der Waals surface area contributed by atoms with Crippen LogP contribution in [0.25, 0.3) is 11.1 Å². The predicted octanol–water partition coefficient (Wildman–Crippen LogP) is 4.58. The zero-order chi connectivity index (χ0) is 14.4. The van der Waals surface area contributed by atoms with E-state index in [9.17, 15) is 5.11 Å². The minimum Gasteiger partial charge on any atom is -0.504 e. The van der Waals surface area contributed by atoms with Crippen LogP contribution in [0.15, 0.2) is 55.1 Å². The molecule has 104 valence electrons. The van der Waals surface area contributed by atoms with E-state index in [1.807, 2.05) is 36.4 Å². The fourth-order valence-electron chi connectivity index (χ4n) is 2.25. The molecule has 0 unspecified atom stereocenters. The predicted molar refractivity (Wildman–Crippen MR) is 83.2 cm³/mol. The van der Waals surface area contributed by atoms with E-state index >= 15 is 0 Å². The van der Waals surface area contributed by atoms with Gasteiger partial charge in [-0.25, -0.2) is 0 Å². The second-order valence-corrected chi connectivity index (χ2v) is 4.73. The lowest BCUT2D eigenvalue weighted by Gasteiger charge is -2.12. The van der Waals surface area contributed by atoms with Crippen LogP contribution in [0.3, 0.4) is 0 Å². The molecule has 2 nitrogen and oxygen atoms in total. The maximum absolute atomic E-state index is 10.2. The average molecular weight is 268 g/mol. The molecule has 2 heteroatoms. The van der Waals surface area contributed by atoms with Crippen LogP contribution >= 0.6 is 0 Å². The van der Waals surface area contributed by atoms with Gasteiger partial charge >= 0.3 is 0 Å². The van der Waals surface area contributed by atoms with Gasteiger partial charge in [-0.3, -0.25) is 0 Å². The highest BCUT2D eigenvalue weighted by molar-refractivity contribution is 5.69. The fourth-order valence-corrected chi connectivity index (χ4v) is 2.25. The van der Waals surface area contributed by atoms with Gasteiger partial charge in [-0.15, -0.1) is 6.58 Å². The van der Waals surface area contributed by atoms with Gasteiger partial charge < -0.3 is 9.84 Å². The Morgan fingerprint density at radius 1 is 1.15 bits per heavy atom. The quantitative estimate of drug-likeness (QED) is 0.614. The number of unbranched alkanes of at least 4 members (excludes halogenated alkanes) is 1. The van der Waals surface area contributed by atoms with Crippen LogP contribution in [0.5, 0.6) is 11.5 Å². The van der Waals surface area contributed by atoms with Crippen molar-refractivity contribution >= 4 is 0 Å². The Labute approximate surface area is 120 Å². The smallest absolute Gasteiger partial charge is 0.161 e. The number of rotatable bonds is 6. The molecular formula is C18H20O2. The molecule has 0 aliphatic rings. The number of phenols is 1. The van der Waals surface area contributed by atoms with E-state index in [0.717, 1.165) is 36.0 Å². The second-order valence-electron chi connectivity index (χ2n) is 4.73. The van der Waals surface area contributed by atoms with Crippen molar-refractivity contribution in [2.24, 2.45) is 0 Å². The minimum atomic E-state index is 0.247. The van der Waals surface area contributed by atoms with Gasteiger partial charge in [0.15, 0.2) is 11.5 Å². The van der Waals surface area contributed by atoms with Gasteiger partial charge in [-0.2, -0.15) is 0 Å². The first-order valence-electron chi connectivity index (χ1n) is 6.82. The van der Waals surface area contributed by atoms with Gasteiger partial charge in [0.1, 0.15) is 0 Å². The lowest BCUT2D eigenvalue weighted by molar-refractivity contribution is 0.370. The molecule has 0 bridgehead atoms. The summed E-state index contributed by atoms with van der Waals surface area (Å²) in [6.07, 6.45) is 4.62. The highest BCUT2D eigenvalue weighted by atomic mass is 16.5. The van der Waals surface area contributed by atoms with Crippen molar-refractivity contribution in [1.82, 2.24) is 0 Å². The maximum atomic E-state index is 10.2. The van der Waals surface area contributed by atoms with Crippen LogP contribution < -0.4 is 4.74 Å². The summed E-state index contributed by atoms with van der Waals surface area (Å²) in [7, 11) is 1.58. The van der Waals surface area contributed by atoms with Crippen molar-refractivity contribution in [3.8, 4) is 22.6 Å². The normalized spacial score (nSPS) is 10.2. The van der Waals surface area contributed by atoms with E-state index in [4.69, 9.17) is 4.74 Å².